The van der Waals surface area contributed by atoms with E-state index >= 15 is 0 Å². The molecule has 0 aliphatic carbocycles. The van der Waals surface area contributed by atoms with Crippen molar-refractivity contribution in [2.24, 2.45) is 0 Å². The van der Waals surface area contributed by atoms with Gasteiger partial charge in [-0.3, -0.25) is 0 Å². The van der Waals surface area contributed by atoms with E-state index in [1.54, 1.807) is 0 Å². The first kappa shape index (κ1) is 8.95. The molecular formula is C11H15NS. The highest BCUT2D eigenvalue weighted by atomic mass is 32.2. The van der Waals surface area contributed by atoms with Gasteiger partial charge in [-0.15, -0.1) is 11.8 Å². The van der Waals surface area contributed by atoms with Crippen molar-refractivity contribution in [3.8, 4) is 0 Å². The molecule has 1 N–H and O–H groups in total. The first-order chi connectivity index (χ1) is 6.16. The molecule has 0 saturated heterocycles. The number of fused-ring (bicyclic) bond motifs is 1. The number of anilines is 1. The van der Waals surface area contributed by atoms with E-state index < -0.39 is 0 Å². The lowest BCUT2D eigenvalue weighted by molar-refractivity contribution is 0.968. The SMILES string of the molecule is Cc1cc(C)c2c(c1)SC(C)CN2. The number of nitrogens with one attached hydrogen (secondary N) is 1. The molecule has 1 heterocycles. The molecule has 0 radical (unpaired) electrons. The molecule has 1 aliphatic rings. The summed E-state index contributed by atoms with van der Waals surface area (Å²) in [5.41, 5.74) is 4.07. The Bertz CT molecular complexity index is 333. The molecule has 1 aromatic rings. The van der Waals surface area contributed by atoms with Gasteiger partial charge in [-0.25, -0.2) is 0 Å². The fourth-order valence-corrected chi connectivity index (χ4v) is 2.96. The molecule has 0 amide bonds. The lowest BCUT2D eigenvalue weighted by Gasteiger charge is -2.24. The van der Waals surface area contributed by atoms with E-state index in [1.807, 2.05) is 11.8 Å². The van der Waals surface area contributed by atoms with Gasteiger partial charge in [-0.2, -0.15) is 0 Å². The highest BCUT2D eigenvalue weighted by Crippen LogP contribution is 2.37. The van der Waals surface area contributed by atoms with E-state index in [0.29, 0.717) is 5.25 Å². The molecule has 0 saturated carbocycles. The van der Waals surface area contributed by atoms with Crippen LogP contribution in [0.2, 0.25) is 0 Å². The van der Waals surface area contributed by atoms with Gasteiger partial charge in [-0.05, 0) is 31.0 Å². The zero-order valence-electron chi connectivity index (χ0n) is 8.35. The topological polar surface area (TPSA) is 12.0 Å². The van der Waals surface area contributed by atoms with Crippen molar-refractivity contribution in [3.63, 3.8) is 0 Å². The highest BCUT2D eigenvalue weighted by Gasteiger charge is 2.16. The van der Waals surface area contributed by atoms with Crippen molar-refractivity contribution in [1.29, 1.82) is 0 Å². The number of hydrogen-bond donors (Lipinski definition) is 1. The Labute approximate surface area is 83.9 Å². The molecule has 1 aliphatic heterocycles. The van der Waals surface area contributed by atoms with Crippen LogP contribution >= 0.6 is 11.8 Å². The van der Waals surface area contributed by atoms with Crippen LogP contribution in [0.4, 0.5) is 5.69 Å². The third-order valence-electron chi connectivity index (χ3n) is 2.34. The molecule has 1 aromatic carbocycles. The summed E-state index contributed by atoms with van der Waals surface area (Å²) in [4.78, 5) is 1.41. The Kier molecular flexibility index (Phi) is 2.24. The maximum Gasteiger partial charge on any atom is 0.0508 e. The fourth-order valence-electron chi connectivity index (χ4n) is 1.75. The monoisotopic (exact) mass is 193 g/mol. The van der Waals surface area contributed by atoms with Gasteiger partial charge in [0.15, 0.2) is 0 Å². The summed E-state index contributed by atoms with van der Waals surface area (Å²) in [6.07, 6.45) is 0. The van der Waals surface area contributed by atoms with Crippen molar-refractivity contribution < 1.29 is 0 Å². The van der Waals surface area contributed by atoms with Gasteiger partial charge in [0, 0.05) is 16.7 Å². The standard InChI is InChI=1S/C11H15NS/c1-7-4-8(2)11-10(5-7)13-9(3)6-12-11/h4-5,9,12H,6H2,1-3H3. The third-order valence-corrected chi connectivity index (χ3v) is 3.48. The Morgan fingerprint density at radius 1 is 1.38 bits per heavy atom. The molecule has 1 atom stereocenters. The molecule has 2 heteroatoms. The summed E-state index contributed by atoms with van der Waals surface area (Å²) >= 11 is 1.98. The van der Waals surface area contributed by atoms with Crippen LogP contribution in [0.15, 0.2) is 17.0 Å². The van der Waals surface area contributed by atoms with Crippen LogP contribution in [0, 0.1) is 13.8 Å². The third kappa shape index (κ3) is 1.68. The van der Waals surface area contributed by atoms with Crippen molar-refractivity contribution in [1.82, 2.24) is 0 Å². The van der Waals surface area contributed by atoms with E-state index in [2.05, 4.69) is 38.2 Å². The number of hydrogen-bond acceptors (Lipinski definition) is 2. The number of benzene rings is 1. The minimum absolute atomic E-state index is 0.689. The molecule has 70 valence electrons. The van der Waals surface area contributed by atoms with E-state index in [4.69, 9.17) is 0 Å². The van der Waals surface area contributed by atoms with Gasteiger partial charge in [-0.1, -0.05) is 13.0 Å². The molecule has 0 spiro atoms. The molecule has 1 unspecified atom stereocenters. The van der Waals surface area contributed by atoms with Gasteiger partial charge in [0.25, 0.3) is 0 Å². The summed E-state index contributed by atoms with van der Waals surface area (Å²) in [5, 5.41) is 4.18. The van der Waals surface area contributed by atoms with Crippen LogP contribution in [0.5, 0.6) is 0 Å². The van der Waals surface area contributed by atoms with Crippen molar-refractivity contribution in [2.75, 3.05) is 11.9 Å². The summed E-state index contributed by atoms with van der Waals surface area (Å²) < 4.78 is 0. The van der Waals surface area contributed by atoms with Crippen molar-refractivity contribution in [2.45, 2.75) is 30.9 Å². The molecule has 13 heavy (non-hydrogen) atoms. The molecule has 0 bridgehead atoms. The van der Waals surface area contributed by atoms with Crippen LogP contribution in [-0.4, -0.2) is 11.8 Å². The summed E-state index contributed by atoms with van der Waals surface area (Å²) in [5.74, 6) is 0. The quantitative estimate of drug-likeness (QED) is 0.679. The number of thioether (sulfide) groups is 1. The number of aryl methyl sites for hydroxylation is 2. The maximum atomic E-state index is 3.49. The second kappa shape index (κ2) is 3.26. The minimum atomic E-state index is 0.689. The van der Waals surface area contributed by atoms with Gasteiger partial charge in [0.1, 0.15) is 0 Å². The van der Waals surface area contributed by atoms with Crippen LogP contribution < -0.4 is 5.32 Å². The first-order valence-corrected chi connectivity index (χ1v) is 5.56. The maximum absolute atomic E-state index is 3.49. The van der Waals surface area contributed by atoms with Crippen LogP contribution in [0.25, 0.3) is 0 Å². The Hall–Kier alpha value is -0.630. The summed E-state index contributed by atoms with van der Waals surface area (Å²) in [6, 6.07) is 4.51. The fraction of sp³-hybridized carbons (Fsp3) is 0.455. The van der Waals surface area contributed by atoms with E-state index in [9.17, 15) is 0 Å². The predicted octanol–water partition coefficient (Wildman–Crippen LogP) is 3.21. The van der Waals surface area contributed by atoms with Crippen LogP contribution in [-0.2, 0) is 0 Å². The Balaban J connectivity index is 2.47. The second-order valence-corrected chi connectivity index (χ2v) is 5.24. The van der Waals surface area contributed by atoms with E-state index in [0.717, 1.165) is 6.54 Å². The Morgan fingerprint density at radius 2 is 2.15 bits per heavy atom. The molecular weight excluding hydrogens is 178 g/mol. The van der Waals surface area contributed by atoms with Gasteiger partial charge in [0.2, 0.25) is 0 Å². The van der Waals surface area contributed by atoms with Crippen molar-refractivity contribution in [3.05, 3.63) is 23.3 Å². The highest BCUT2D eigenvalue weighted by molar-refractivity contribution is 8.00. The zero-order chi connectivity index (χ0) is 9.42. The molecule has 0 aromatic heterocycles. The van der Waals surface area contributed by atoms with Crippen molar-refractivity contribution >= 4 is 17.4 Å². The molecule has 2 rings (SSSR count). The Morgan fingerprint density at radius 3 is 2.92 bits per heavy atom. The molecule has 1 nitrogen and oxygen atoms in total. The van der Waals surface area contributed by atoms with Gasteiger partial charge >= 0.3 is 0 Å². The lowest BCUT2D eigenvalue weighted by atomic mass is 10.1. The smallest absolute Gasteiger partial charge is 0.0508 e. The second-order valence-electron chi connectivity index (χ2n) is 3.76. The molecule has 0 fully saturated rings. The predicted molar refractivity (Wildman–Crippen MR) is 59.7 cm³/mol. The normalized spacial score (nSPS) is 20.7. The van der Waals surface area contributed by atoms with Crippen LogP contribution in [0.1, 0.15) is 18.1 Å². The van der Waals surface area contributed by atoms with Gasteiger partial charge < -0.3 is 5.32 Å². The largest absolute Gasteiger partial charge is 0.383 e. The van der Waals surface area contributed by atoms with Gasteiger partial charge in [0.05, 0.1) is 5.69 Å². The zero-order valence-corrected chi connectivity index (χ0v) is 9.16. The van der Waals surface area contributed by atoms with E-state index in [1.165, 1.54) is 21.7 Å². The van der Waals surface area contributed by atoms with Crippen LogP contribution in [0.3, 0.4) is 0 Å². The lowest BCUT2D eigenvalue weighted by Crippen LogP contribution is -2.19. The van der Waals surface area contributed by atoms with E-state index in [-0.39, 0.29) is 0 Å². The number of rotatable bonds is 0. The first-order valence-electron chi connectivity index (χ1n) is 4.68. The minimum Gasteiger partial charge on any atom is -0.383 e. The summed E-state index contributed by atoms with van der Waals surface area (Å²) in [7, 11) is 0. The summed E-state index contributed by atoms with van der Waals surface area (Å²) in [6.45, 7) is 7.68. The average Bonchev–Trinajstić information content (AvgIpc) is 2.02. The average molecular weight is 193 g/mol.